The minimum Gasteiger partial charge on any atom is -0.461 e. The van der Waals surface area contributed by atoms with Crippen molar-refractivity contribution < 1.29 is 33.4 Å². The largest absolute Gasteiger partial charge is 0.461 e. The van der Waals surface area contributed by atoms with Crippen molar-refractivity contribution >= 4 is 51.4 Å². The average molecular weight is 626 g/mol. The third-order valence-electron chi connectivity index (χ3n) is 5.38. The number of benzene rings is 1. The van der Waals surface area contributed by atoms with Gasteiger partial charge in [-0.1, -0.05) is 54.6 Å². The highest BCUT2D eigenvalue weighted by Crippen LogP contribution is 2.13. The summed E-state index contributed by atoms with van der Waals surface area (Å²) in [6.07, 6.45) is 0.287. The lowest BCUT2D eigenvalue weighted by Crippen LogP contribution is -2.57. The molecular weight excluding hydrogens is 584 g/mol. The third-order valence-corrected chi connectivity index (χ3v) is 6.03. The molecule has 0 saturated heterocycles. The highest BCUT2D eigenvalue weighted by atomic mass is 79.9. The molecule has 4 N–H and O–H groups in total. The predicted molar refractivity (Wildman–Crippen MR) is 156 cm³/mol. The van der Waals surface area contributed by atoms with Crippen LogP contribution < -0.4 is 21.3 Å². The van der Waals surface area contributed by atoms with E-state index in [9.17, 15) is 24.0 Å². The maximum atomic E-state index is 13.2. The van der Waals surface area contributed by atoms with Crippen LogP contribution in [0.25, 0.3) is 0 Å². The van der Waals surface area contributed by atoms with E-state index in [-0.39, 0.29) is 25.4 Å². The number of nitrogens with one attached hydrogen (secondary N) is 4. The maximum absolute atomic E-state index is 13.2. The number of anilines is 1. The summed E-state index contributed by atoms with van der Waals surface area (Å²) in [6.45, 7) is 13.5. The van der Waals surface area contributed by atoms with Gasteiger partial charge in [0.2, 0.25) is 17.7 Å². The Hall–Kier alpha value is -3.41. The molecule has 11 nitrogen and oxygen atoms in total. The molecule has 1 aromatic rings. The number of ether oxygens (including phenoxy) is 2. The Labute approximate surface area is 244 Å². The minimum atomic E-state index is -1.19. The molecule has 0 spiro atoms. The van der Waals surface area contributed by atoms with Crippen molar-refractivity contribution in [1.29, 1.82) is 0 Å². The number of rotatable bonds is 14. The molecule has 1 aromatic carbocycles. The highest BCUT2D eigenvalue weighted by Gasteiger charge is 2.31. The van der Waals surface area contributed by atoms with E-state index in [4.69, 9.17) is 9.47 Å². The first-order valence-corrected chi connectivity index (χ1v) is 14.1. The van der Waals surface area contributed by atoms with Crippen LogP contribution in [0.5, 0.6) is 0 Å². The van der Waals surface area contributed by atoms with Crippen LogP contribution in [-0.4, -0.2) is 60.1 Å². The summed E-state index contributed by atoms with van der Waals surface area (Å²) in [4.78, 5) is 63.3. The molecular formula is C28H41BrN4O7. The Morgan fingerprint density at radius 1 is 0.950 bits per heavy atom. The van der Waals surface area contributed by atoms with Crippen molar-refractivity contribution in [3.8, 4) is 0 Å². The summed E-state index contributed by atoms with van der Waals surface area (Å²) in [5.41, 5.74) is 0.802. The van der Waals surface area contributed by atoms with Gasteiger partial charge in [0.1, 0.15) is 30.3 Å². The fourth-order valence-electron chi connectivity index (χ4n) is 3.29. The Morgan fingerprint density at radius 3 is 2.10 bits per heavy atom. The van der Waals surface area contributed by atoms with Gasteiger partial charge in [0.05, 0.1) is 0 Å². The van der Waals surface area contributed by atoms with E-state index in [2.05, 4.69) is 43.8 Å². The monoisotopic (exact) mass is 624 g/mol. The first-order valence-electron chi connectivity index (χ1n) is 13.0. The number of amides is 4. The summed E-state index contributed by atoms with van der Waals surface area (Å²) in [7, 11) is 0. The Morgan fingerprint density at radius 2 is 1.57 bits per heavy atom. The second-order valence-electron chi connectivity index (χ2n) is 10.5. The number of hydrogen-bond donors (Lipinski definition) is 4. The molecule has 12 heteroatoms. The second kappa shape index (κ2) is 16.6. The van der Waals surface area contributed by atoms with E-state index >= 15 is 0 Å². The van der Waals surface area contributed by atoms with Crippen LogP contribution in [0.15, 0.2) is 36.9 Å². The molecule has 0 heterocycles. The first kappa shape index (κ1) is 34.6. The number of alkyl halides is 1. The SMILES string of the molecule is C=CCOC(=O)CC[C@H](NC(=O)OC(C)(C)C)C(=O)N[C@H](C(=O)N[C@@H](C)C(=O)Nc1ccc(CBr)cc1)C(C)C. The molecule has 4 amide bonds. The number of carbonyl (C=O) groups is 5. The fourth-order valence-corrected chi connectivity index (χ4v) is 3.66. The minimum absolute atomic E-state index is 0.0126. The predicted octanol–water partition coefficient (Wildman–Crippen LogP) is 3.57. The molecule has 3 atom stereocenters. The topological polar surface area (TPSA) is 152 Å². The lowest BCUT2D eigenvalue weighted by Gasteiger charge is -2.27. The van der Waals surface area contributed by atoms with E-state index in [0.29, 0.717) is 11.0 Å². The van der Waals surface area contributed by atoms with Gasteiger partial charge in [0.25, 0.3) is 0 Å². The molecule has 0 saturated carbocycles. The second-order valence-corrected chi connectivity index (χ2v) is 11.1. The molecule has 40 heavy (non-hydrogen) atoms. The number of alkyl carbamates (subject to hydrolysis) is 1. The molecule has 222 valence electrons. The molecule has 1 rings (SSSR count). The van der Waals surface area contributed by atoms with E-state index in [1.54, 1.807) is 46.8 Å². The van der Waals surface area contributed by atoms with Gasteiger partial charge in [0.15, 0.2) is 0 Å². The van der Waals surface area contributed by atoms with Crippen LogP contribution in [0.1, 0.15) is 59.9 Å². The number of carbonyl (C=O) groups excluding carboxylic acids is 5. The van der Waals surface area contributed by atoms with Crippen LogP contribution in [0.3, 0.4) is 0 Å². The zero-order valence-corrected chi connectivity index (χ0v) is 25.6. The van der Waals surface area contributed by atoms with E-state index in [1.165, 1.54) is 13.0 Å². The summed E-state index contributed by atoms with van der Waals surface area (Å²) in [6, 6.07) is 4.10. The smallest absolute Gasteiger partial charge is 0.408 e. The van der Waals surface area contributed by atoms with Crippen molar-refractivity contribution in [2.24, 2.45) is 5.92 Å². The van der Waals surface area contributed by atoms with Gasteiger partial charge in [-0.15, -0.1) is 0 Å². The fraction of sp³-hybridized carbons (Fsp3) is 0.536. The normalized spacial score (nSPS) is 13.3. The molecule has 0 aliphatic heterocycles. The quantitative estimate of drug-likeness (QED) is 0.140. The van der Waals surface area contributed by atoms with Gasteiger partial charge in [0, 0.05) is 17.4 Å². The van der Waals surface area contributed by atoms with Crippen LogP contribution in [0.2, 0.25) is 0 Å². The van der Waals surface area contributed by atoms with Crippen LogP contribution in [0, 0.1) is 5.92 Å². The van der Waals surface area contributed by atoms with Gasteiger partial charge in [-0.05, 0) is 57.7 Å². The first-order chi connectivity index (χ1) is 18.7. The molecule has 0 aromatic heterocycles. The van der Waals surface area contributed by atoms with Gasteiger partial charge in [-0.25, -0.2) is 4.79 Å². The van der Waals surface area contributed by atoms with E-state index in [0.717, 1.165) is 5.56 Å². The summed E-state index contributed by atoms with van der Waals surface area (Å²) in [5, 5.41) is 11.1. The Bertz CT molecular complexity index is 1040. The van der Waals surface area contributed by atoms with Crippen LogP contribution in [0.4, 0.5) is 10.5 Å². The summed E-state index contributed by atoms with van der Waals surface area (Å²) in [5.74, 6) is -2.65. The number of esters is 1. The summed E-state index contributed by atoms with van der Waals surface area (Å²) >= 11 is 3.37. The zero-order valence-electron chi connectivity index (χ0n) is 24.0. The summed E-state index contributed by atoms with van der Waals surface area (Å²) < 4.78 is 10.2. The van der Waals surface area contributed by atoms with Crippen molar-refractivity contribution in [3.63, 3.8) is 0 Å². The zero-order chi connectivity index (χ0) is 30.5. The van der Waals surface area contributed by atoms with Gasteiger partial charge in [-0.2, -0.15) is 0 Å². The van der Waals surface area contributed by atoms with Crippen LogP contribution in [-0.2, 0) is 34.0 Å². The molecule has 0 aliphatic rings. The molecule has 0 unspecified atom stereocenters. The Balaban J connectivity index is 2.91. The third kappa shape index (κ3) is 13.1. The van der Waals surface area contributed by atoms with Crippen LogP contribution >= 0.6 is 15.9 Å². The Kier molecular flexibility index (Phi) is 14.4. The average Bonchev–Trinajstić information content (AvgIpc) is 2.87. The molecule has 0 fully saturated rings. The van der Waals surface area contributed by atoms with Crippen molar-refractivity contribution in [3.05, 3.63) is 42.5 Å². The maximum Gasteiger partial charge on any atom is 0.408 e. The van der Waals surface area contributed by atoms with E-state index < -0.39 is 53.5 Å². The lowest BCUT2D eigenvalue weighted by atomic mass is 10.0. The standard InChI is InChI=1S/C28H41BrN4O7/c1-8-15-39-22(34)14-13-21(32-27(38)40-28(5,6)7)25(36)33-23(17(2)3)26(37)30-18(4)24(35)31-20-11-9-19(16-29)10-12-20/h8-12,17-18,21,23H,1,13-16H2,2-7H3,(H,30,37)(H,31,35)(H,32,38)(H,33,36)/t18-,21-,23-/m0/s1. The van der Waals surface area contributed by atoms with Crippen molar-refractivity contribution in [2.75, 3.05) is 11.9 Å². The van der Waals surface area contributed by atoms with Gasteiger partial charge >= 0.3 is 12.1 Å². The molecule has 0 aliphatic carbocycles. The van der Waals surface area contributed by atoms with E-state index in [1.807, 2.05) is 12.1 Å². The van der Waals surface area contributed by atoms with Gasteiger partial charge in [-0.3, -0.25) is 19.2 Å². The lowest BCUT2D eigenvalue weighted by molar-refractivity contribution is -0.142. The van der Waals surface area contributed by atoms with Gasteiger partial charge < -0.3 is 30.7 Å². The molecule has 0 radical (unpaired) electrons. The number of hydrogen-bond acceptors (Lipinski definition) is 7. The van der Waals surface area contributed by atoms with Crippen molar-refractivity contribution in [2.45, 2.75) is 83.4 Å². The highest BCUT2D eigenvalue weighted by molar-refractivity contribution is 9.08. The van der Waals surface area contributed by atoms with Crippen molar-refractivity contribution in [1.82, 2.24) is 16.0 Å². The number of halogens is 1. The molecule has 0 bridgehead atoms.